The molecule has 0 N–H and O–H groups in total. The van der Waals surface area contributed by atoms with Crippen LogP contribution in [0.2, 0.25) is 0 Å². The molecule has 0 spiro atoms. The Bertz CT molecular complexity index is 416. The van der Waals surface area contributed by atoms with Crippen LogP contribution in [0.3, 0.4) is 0 Å². The topological polar surface area (TPSA) is 38.1 Å². The van der Waals surface area contributed by atoms with Crippen molar-refractivity contribution in [2.45, 2.75) is 32.2 Å². The van der Waals surface area contributed by atoms with Gasteiger partial charge in [-0.1, -0.05) is 0 Å². The summed E-state index contributed by atoms with van der Waals surface area (Å²) in [6.45, 7) is 2.70. The maximum absolute atomic E-state index is 12.4. The van der Waals surface area contributed by atoms with E-state index in [9.17, 15) is 4.79 Å². The number of hydrogen-bond donors (Lipinski definition) is 0. The third-order valence-corrected chi connectivity index (χ3v) is 3.64. The van der Waals surface area contributed by atoms with E-state index in [4.69, 9.17) is 11.6 Å². The third kappa shape index (κ3) is 2.46. The Balaban J connectivity index is 2.21. The number of carbonyl (C=O) groups is 1. The molecule has 5 heteroatoms. The summed E-state index contributed by atoms with van der Waals surface area (Å²) >= 11 is 5.94. The lowest BCUT2D eigenvalue weighted by atomic mass is 10.0. The Hall–Kier alpha value is -1.03. The second-order valence-electron chi connectivity index (χ2n) is 4.60. The molecule has 4 nitrogen and oxygen atoms in total. The maximum Gasteiger partial charge on any atom is 0.272 e. The van der Waals surface area contributed by atoms with Crippen molar-refractivity contribution in [2.24, 2.45) is 7.05 Å². The lowest BCUT2D eigenvalue weighted by molar-refractivity contribution is 0.0628. The number of piperidine rings is 1. The lowest BCUT2D eigenvalue weighted by Crippen LogP contribution is -2.45. The lowest BCUT2D eigenvalue weighted by Gasteiger charge is -2.34. The van der Waals surface area contributed by atoms with E-state index in [2.05, 4.69) is 5.10 Å². The summed E-state index contributed by atoms with van der Waals surface area (Å²) in [5.74, 6) is 0.571. The number of rotatable bonds is 2. The first-order chi connectivity index (χ1) is 8.13. The van der Waals surface area contributed by atoms with Crippen LogP contribution in [0.5, 0.6) is 0 Å². The highest BCUT2D eigenvalue weighted by molar-refractivity contribution is 6.18. The summed E-state index contributed by atoms with van der Waals surface area (Å²) < 4.78 is 1.65. The van der Waals surface area contributed by atoms with Crippen molar-refractivity contribution in [2.75, 3.05) is 12.4 Å². The monoisotopic (exact) mass is 255 g/mol. The molecule has 1 aromatic rings. The highest BCUT2D eigenvalue weighted by atomic mass is 35.5. The molecule has 0 radical (unpaired) electrons. The van der Waals surface area contributed by atoms with Crippen LogP contribution in [0, 0.1) is 6.92 Å². The molecule has 17 heavy (non-hydrogen) atoms. The molecule has 1 aliphatic rings. The van der Waals surface area contributed by atoms with Gasteiger partial charge in [-0.05, 0) is 32.3 Å². The van der Waals surface area contributed by atoms with E-state index >= 15 is 0 Å². The van der Waals surface area contributed by atoms with Crippen LogP contribution in [0.25, 0.3) is 0 Å². The Labute approximate surface area is 107 Å². The summed E-state index contributed by atoms with van der Waals surface area (Å²) in [6.07, 6.45) is 3.23. The second kappa shape index (κ2) is 5.08. The van der Waals surface area contributed by atoms with Crippen molar-refractivity contribution in [1.82, 2.24) is 14.7 Å². The Morgan fingerprint density at radius 1 is 1.59 bits per heavy atom. The van der Waals surface area contributed by atoms with Crippen molar-refractivity contribution < 1.29 is 4.79 Å². The largest absolute Gasteiger partial charge is 0.333 e. The van der Waals surface area contributed by atoms with Crippen LogP contribution in [0.15, 0.2) is 6.07 Å². The highest BCUT2D eigenvalue weighted by Gasteiger charge is 2.28. The number of carbonyl (C=O) groups excluding carboxylic acids is 1. The van der Waals surface area contributed by atoms with E-state index < -0.39 is 0 Å². The van der Waals surface area contributed by atoms with Crippen molar-refractivity contribution in [3.63, 3.8) is 0 Å². The number of nitrogens with zero attached hydrogens (tertiary/aromatic N) is 3. The number of amides is 1. The first kappa shape index (κ1) is 12.4. The minimum absolute atomic E-state index is 0.0541. The molecule has 94 valence electrons. The fourth-order valence-electron chi connectivity index (χ4n) is 2.39. The number of hydrogen-bond acceptors (Lipinski definition) is 2. The fourth-order valence-corrected chi connectivity index (χ4v) is 2.71. The van der Waals surface area contributed by atoms with Crippen molar-refractivity contribution >= 4 is 17.5 Å². The first-order valence-corrected chi connectivity index (χ1v) is 6.54. The van der Waals surface area contributed by atoms with E-state index in [0.29, 0.717) is 11.6 Å². The van der Waals surface area contributed by atoms with Gasteiger partial charge in [0.1, 0.15) is 5.69 Å². The zero-order chi connectivity index (χ0) is 12.4. The van der Waals surface area contributed by atoms with E-state index in [-0.39, 0.29) is 11.9 Å². The van der Waals surface area contributed by atoms with Crippen LogP contribution in [0.4, 0.5) is 0 Å². The van der Waals surface area contributed by atoms with Crippen LogP contribution in [-0.4, -0.2) is 39.1 Å². The predicted molar refractivity (Wildman–Crippen MR) is 67.3 cm³/mol. The average Bonchev–Trinajstić information content (AvgIpc) is 2.67. The molecule has 0 aliphatic carbocycles. The van der Waals surface area contributed by atoms with Crippen LogP contribution in [0.1, 0.15) is 35.4 Å². The molecule has 1 atom stereocenters. The molecule has 0 bridgehead atoms. The molecule has 1 aliphatic heterocycles. The molecular weight excluding hydrogens is 238 g/mol. The zero-order valence-corrected chi connectivity index (χ0v) is 11.1. The summed E-state index contributed by atoms with van der Waals surface area (Å²) in [5.41, 5.74) is 1.52. The van der Waals surface area contributed by atoms with Crippen molar-refractivity contribution in [1.29, 1.82) is 0 Å². The highest BCUT2D eigenvalue weighted by Crippen LogP contribution is 2.20. The van der Waals surface area contributed by atoms with Gasteiger partial charge in [0.05, 0.1) is 5.69 Å². The van der Waals surface area contributed by atoms with Gasteiger partial charge in [0, 0.05) is 25.5 Å². The van der Waals surface area contributed by atoms with E-state index in [1.807, 2.05) is 17.9 Å². The maximum atomic E-state index is 12.4. The van der Waals surface area contributed by atoms with Gasteiger partial charge in [-0.2, -0.15) is 5.10 Å². The third-order valence-electron chi connectivity index (χ3n) is 3.29. The number of halogens is 1. The summed E-state index contributed by atoms with van der Waals surface area (Å²) in [5, 5.41) is 4.21. The molecule has 1 unspecified atom stereocenters. The van der Waals surface area contributed by atoms with Gasteiger partial charge in [0.25, 0.3) is 5.91 Å². The summed E-state index contributed by atoms with van der Waals surface area (Å²) in [4.78, 5) is 14.3. The van der Waals surface area contributed by atoms with Gasteiger partial charge in [-0.25, -0.2) is 0 Å². The van der Waals surface area contributed by atoms with Gasteiger partial charge >= 0.3 is 0 Å². The Morgan fingerprint density at radius 2 is 2.35 bits per heavy atom. The predicted octanol–water partition coefficient (Wildman–Crippen LogP) is 1.96. The molecule has 1 saturated heterocycles. The van der Waals surface area contributed by atoms with Gasteiger partial charge in [-0.15, -0.1) is 11.6 Å². The SMILES string of the molecule is Cc1cc(C(=O)N2CCCCC2CCl)n(C)n1. The zero-order valence-electron chi connectivity index (χ0n) is 10.3. The molecule has 0 saturated carbocycles. The minimum Gasteiger partial charge on any atom is -0.333 e. The molecule has 2 heterocycles. The fraction of sp³-hybridized carbons (Fsp3) is 0.667. The Kier molecular flexibility index (Phi) is 3.72. The van der Waals surface area contributed by atoms with Crippen LogP contribution >= 0.6 is 11.6 Å². The van der Waals surface area contributed by atoms with E-state index in [1.54, 1.807) is 11.7 Å². The molecule has 0 aromatic carbocycles. The van der Waals surface area contributed by atoms with Gasteiger partial charge < -0.3 is 4.90 Å². The molecule has 1 amide bonds. The van der Waals surface area contributed by atoms with E-state index in [0.717, 1.165) is 31.5 Å². The number of likely N-dealkylation sites (tertiary alicyclic amines) is 1. The first-order valence-electron chi connectivity index (χ1n) is 6.01. The van der Waals surface area contributed by atoms with Crippen LogP contribution in [-0.2, 0) is 7.05 Å². The molecular formula is C12H18ClN3O. The number of aryl methyl sites for hydroxylation is 2. The average molecular weight is 256 g/mol. The quantitative estimate of drug-likeness (QED) is 0.758. The van der Waals surface area contributed by atoms with Crippen molar-refractivity contribution in [3.05, 3.63) is 17.5 Å². The summed E-state index contributed by atoms with van der Waals surface area (Å²) in [7, 11) is 1.81. The van der Waals surface area contributed by atoms with Gasteiger partial charge in [0.15, 0.2) is 0 Å². The van der Waals surface area contributed by atoms with E-state index in [1.165, 1.54) is 0 Å². The summed E-state index contributed by atoms with van der Waals surface area (Å²) in [6, 6.07) is 2.01. The number of alkyl halides is 1. The Morgan fingerprint density at radius 3 is 2.94 bits per heavy atom. The van der Waals surface area contributed by atoms with Gasteiger partial charge in [-0.3, -0.25) is 9.48 Å². The molecule has 1 aromatic heterocycles. The normalized spacial score (nSPS) is 20.6. The van der Waals surface area contributed by atoms with Gasteiger partial charge in [0.2, 0.25) is 0 Å². The second-order valence-corrected chi connectivity index (χ2v) is 4.91. The minimum atomic E-state index is 0.0541. The molecule has 1 fully saturated rings. The van der Waals surface area contributed by atoms with Crippen molar-refractivity contribution in [3.8, 4) is 0 Å². The standard InChI is InChI=1S/C12H18ClN3O/c1-9-7-11(15(2)14-9)12(17)16-6-4-3-5-10(16)8-13/h7,10H,3-6,8H2,1-2H3. The molecule has 2 rings (SSSR count). The number of aromatic nitrogens is 2. The smallest absolute Gasteiger partial charge is 0.272 e. The van der Waals surface area contributed by atoms with Crippen LogP contribution < -0.4 is 0 Å².